The summed E-state index contributed by atoms with van der Waals surface area (Å²) >= 11 is 0. The van der Waals surface area contributed by atoms with Crippen molar-refractivity contribution in [2.45, 2.75) is 45.6 Å². The summed E-state index contributed by atoms with van der Waals surface area (Å²) in [6.07, 6.45) is 7.48. The average Bonchev–Trinajstić information content (AvgIpc) is 3.25. The van der Waals surface area contributed by atoms with E-state index in [-0.39, 0.29) is 18.0 Å². The fourth-order valence-electron chi connectivity index (χ4n) is 3.65. The fourth-order valence-corrected chi connectivity index (χ4v) is 3.65. The first-order valence-corrected chi connectivity index (χ1v) is 8.98. The Kier molecular flexibility index (Phi) is 5.61. The Morgan fingerprint density at radius 2 is 1.92 bits per heavy atom. The van der Waals surface area contributed by atoms with Crippen molar-refractivity contribution in [2.75, 3.05) is 13.1 Å². The minimum absolute atomic E-state index is 0.0412. The molecule has 0 spiro atoms. The molecule has 5 heteroatoms. The van der Waals surface area contributed by atoms with Gasteiger partial charge in [-0.2, -0.15) is 0 Å². The summed E-state index contributed by atoms with van der Waals surface area (Å²) < 4.78 is 28.1. The van der Waals surface area contributed by atoms with Crippen LogP contribution in [0.1, 0.15) is 44.6 Å². The van der Waals surface area contributed by atoms with Crippen molar-refractivity contribution >= 4 is 11.6 Å². The molecule has 0 saturated heterocycles. The van der Waals surface area contributed by atoms with Gasteiger partial charge in [0.15, 0.2) is 0 Å². The number of halogens is 2. The highest BCUT2D eigenvalue weighted by Gasteiger charge is 2.24. The lowest BCUT2D eigenvalue weighted by Gasteiger charge is -2.25. The van der Waals surface area contributed by atoms with Crippen LogP contribution in [0.2, 0.25) is 0 Å². The van der Waals surface area contributed by atoms with Crippen molar-refractivity contribution in [3.05, 3.63) is 47.0 Å². The highest BCUT2D eigenvalue weighted by atomic mass is 19.1. The van der Waals surface area contributed by atoms with E-state index in [1.54, 1.807) is 11.0 Å². The van der Waals surface area contributed by atoms with Gasteiger partial charge in [0.1, 0.15) is 11.6 Å². The smallest absolute Gasteiger partial charge is 0.252 e. The molecule has 1 amide bonds. The normalized spacial score (nSPS) is 17.6. The molecule has 1 heterocycles. The molecule has 1 aliphatic heterocycles. The minimum atomic E-state index is -0.605. The number of amides is 1. The summed E-state index contributed by atoms with van der Waals surface area (Å²) in [5.74, 6) is -0.768. The third-order valence-corrected chi connectivity index (χ3v) is 5.14. The number of benzene rings is 1. The predicted octanol–water partition coefficient (Wildman–Crippen LogP) is 4.27. The molecular weight excluding hydrogens is 322 g/mol. The van der Waals surface area contributed by atoms with Crippen molar-refractivity contribution in [3.63, 3.8) is 0 Å². The third-order valence-electron chi connectivity index (χ3n) is 5.14. The van der Waals surface area contributed by atoms with Crippen molar-refractivity contribution in [3.8, 4) is 0 Å². The SMILES string of the molecule is CC1=NCC(C(=O)N(CCC2CCCC2)Cc2c(F)cccc2F)=C1. The maximum Gasteiger partial charge on any atom is 0.252 e. The highest BCUT2D eigenvalue weighted by molar-refractivity contribution is 6.06. The Hall–Kier alpha value is -2.04. The van der Waals surface area contributed by atoms with Crippen molar-refractivity contribution in [2.24, 2.45) is 10.9 Å². The second-order valence-electron chi connectivity index (χ2n) is 6.99. The number of hydrogen-bond acceptors (Lipinski definition) is 2. The molecule has 0 bridgehead atoms. The Bertz CT molecular complexity index is 685. The maximum absolute atomic E-state index is 14.0. The summed E-state index contributed by atoms with van der Waals surface area (Å²) in [5.41, 5.74) is 1.37. The van der Waals surface area contributed by atoms with E-state index in [1.165, 1.54) is 43.9 Å². The van der Waals surface area contributed by atoms with E-state index in [0.29, 0.717) is 24.6 Å². The lowest BCUT2D eigenvalue weighted by molar-refractivity contribution is -0.128. The topological polar surface area (TPSA) is 32.7 Å². The summed E-state index contributed by atoms with van der Waals surface area (Å²) in [6.45, 7) is 2.68. The second kappa shape index (κ2) is 7.89. The van der Waals surface area contributed by atoms with Crippen LogP contribution in [0.15, 0.2) is 34.8 Å². The Labute approximate surface area is 147 Å². The first-order chi connectivity index (χ1) is 12.0. The van der Waals surface area contributed by atoms with Gasteiger partial charge in [-0.25, -0.2) is 8.78 Å². The number of aliphatic imine (C=N–C) groups is 1. The van der Waals surface area contributed by atoms with E-state index in [9.17, 15) is 13.6 Å². The molecule has 0 N–H and O–H groups in total. The molecular formula is C20H24F2N2O. The number of nitrogens with zero attached hydrogens (tertiary/aromatic N) is 2. The molecule has 3 rings (SSSR count). The highest BCUT2D eigenvalue weighted by Crippen LogP contribution is 2.28. The zero-order chi connectivity index (χ0) is 17.8. The molecule has 1 aromatic rings. The average molecular weight is 346 g/mol. The van der Waals surface area contributed by atoms with Crippen LogP contribution in [-0.2, 0) is 11.3 Å². The van der Waals surface area contributed by atoms with Gasteiger partial charge in [-0.05, 0) is 37.5 Å². The number of carbonyl (C=O) groups excluding carboxylic acids is 1. The summed E-state index contributed by atoms with van der Waals surface area (Å²) in [6, 6.07) is 3.82. The van der Waals surface area contributed by atoms with E-state index in [0.717, 1.165) is 12.1 Å². The molecule has 3 nitrogen and oxygen atoms in total. The van der Waals surface area contributed by atoms with Crippen molar-refractivity contribution in [1.82, 2.24) is 4.90 Å². The molecule has 0 aromatic heterocycles. The Morgan fingerprint density at radius 3 is 2.52 bits per heavy atom. The number of allylic oxidation sites excluding steroid dienone is 1. The first-order valence-electron chi connectivity index (χ1n) is 8.98. The van der Waals surface area contributed by atoms with Crippen LogP contribution < -0.4 is 0 Å². The van der Waals surface area contributed by atoms with Crippen molar-refractivity contribution < 1.29 is 13.6 Å². The van der Waals surface area contributed by atoms with Crippen LogP contribution >= 0.6 is 0 Å². The third kappa shape index (κ3) is 4.33. The summed E-state index contributed by atoms with van der Waals surface area (Å²) in [7, 11) is 0. The molecule has 134 valence electrons. The van der Waals surface area contributed by atoms with Gasteiger partial charge in [0.05, 0.1) is 13.1 Å². The zero-order valence-corrected chi connectivity index (χ0v) is 14.6. The number of hydrogen-bond donors (Lipinski definition) is 0. The van der Waals surface area contributed by atoms with Crippen LogP contribution in [0.4, 0.5) is 8.78 Å². The van der Waals surface area contributed by atoms with E-state index >= 15 is 0 Å². The molecule has 1 fully saturated rings. The summed E-state index contributed by atoms with van der Waals surface area (Å²) in [5, 5.41) is 0. The van der Waals surface area contributed by atoms with E-state index in [1.807, 2.05) is 6.92 Å². The van der Waals surface area contributed by atoms with Gasteiger partial charge in [0.25, 0.3) is 5.91 Å². The van der Waals surface area contributed by atoms with E-state index in [2.05, 4.69) is 4.99 Å². The Balaban J connectivity index is 1.75. The first kappa shape index (κ1) is 17.8. The van der Waals surface area contributed by atoms with E-state index in [4.69, 9.17) is 0 Å². The maximum atomic E-state index is 14.0. The monoisotopic (exact) mass is 346 g/mol. The largest absolute Gasteiger partial charge is 0.334 e. The second-order valence-corrected chi connectivity index (χ2v) is 6.99. The zero-order valence-electron chi connectivity index (χ0n) is 14.6. The minimum Gasteiger partial charge on any atom is -0.334 e. The lowest BCUT2D eigenvalue weighted by atomic mass is 10.0. The Morgan fingerprint density at radius 1 is 1.24 bits per heavy atom. The molecule has 25 heavy (non-hydrogen) atoms. The van der Waals surface area contributed by atoms with E-state index < -0.39 is 11.6 Å². The van der Waals surface area contributed by atoms with Gasteiger partial charge in [-0.15, -0.1) is 0 Å². The van der Waals surface area contributed by atoms with Gasteiger partial charge in [-0.3, -0.25) is 9.79 Å². The standard InChI is InChI=1S/C20H24F2N2O/c1-14-11-16(12-23-14)20(25)24(10-9-15-5-2-3-6-15)13-17-18(21)7-4-8-19(17)22/h4,7-8,11,15H,2-3,5-6,9-10,12-13H2,1H3. The number of carbonyl (C=O) groups is 1. The molecule has 0 atom stereocenters. The molecule has 0 unspecified atom stereocenters. The predicted molar refractivity (Wildman–Crippen MR) is 94.4 cm³/mol. The van der Waals surface area contributed by atoms with Crippen LogP contribution in [0.3, 0.4) is 0 Å². The molecule has 1 aliphatic carbocycles. The van der Waals surface area contributed by atoms with Gasteiger partial charge >= 0.3 is 0 Å². The quantitative estimate of drug-likeness (QED) is 0.757. The van der Waals surface area contributed by atoms with Gasteiger partial charge in [0.2, 0.25) is 0 Å². The molecule has 1 saturated carbocycles. The van der Waals surface area contributed by atoms with Gasteiger partial charge < -0.3 is 4.90 Å². The lowest BCUT2D eigenvalue weighted by Crippen LogP contribution is -2.34. The molecule has 0 radical (unpaired) electrons. The van der Waals surface area contributed by atoms with Gasteiger partial charge in [0, 0.05) is 23.4 Å². The van der Waals surface area contributed by atoms with Crippen LogP contribution in [0.5, 0.6) is 0 Å². The van der Waals surface area contributed by atoms with Crippen molar-refractivity contribution in [1.29, 1.82) is 0 Å². The van der Waals surface area contributed by atoms with Crippen LogP contribution in [0.25, 0.3) is 0 Å². The van der Waals surface area contributed by atoms with Crippen LogP contribution in [0, 0.1) is 17.6 Å². The number of rotatable bonds is 6. The molecule has 1 aromatic carbocycles. The fraction of sp³-hybridized carbons (Fsp3) is 0.500. The van der Waals surface area contributed by atoms with Crippen LogP contribution in [-0.4, -0.2) is 29.6 Å². The summed E-state index contributed by atoms with van der Waals surface area (Å²) in [4.78, 5) is 18.7. The van der Waals surface area contributed by atoms with Gasteiger partial charge in [-0.1, -0.05) is 31.7 Å². The molecule has 2 aliphatic rings.